The zero-order chi connectivity index (χ0) is 12.1. The first kappa shape index (κ1) is 13.2. The second-order valence-electron chi connectivity index (χ2n) is 4.70. The monoisotopic (exact) mass is 316 g/mol. The Labute approximate surface area is 116 Å². The number of nitrogens with one attached hydrogen (secondary N) is 1. The summed E-state index contributed by atoms with van der Waals surface area (Å²) in [7, 11) is 0. The summed E-state index contributed by atoms with van der Waals surface area (Å²) in [6.45, 7) is 0.971. The highest BCUT2D eigenvalue weighted by Crippen LogP contribution is 2.27. The van der Waals surface area contributed by atoms with Crippen molar-refractivity contribution in [3.8, 4) is 0 Å². The molecule has 0 saturated heterocycles. The van der Waals surface area contributed by atoms with Crippen molar-refractivity contribution >= 4 is 33.3 Å². The molecule has 17 heavy (non-hydrogen) atoms. The highest BCUT2D eigenvalue weighted by atomic mass is 79.9. The fraction of sp³-hybridized carbons (Fsp3) is 0.615. The van der Waals surface area contributed by atoms with E-state index in [1.165, 1.54) is 38.5 Å². The van der Waals surface area contributed by atoms with Crippen LogP contribution in [0.5, 0.6) is 0 Å². The lowest BCUT2D eigenvalue weighted by atomic mass is 9.87. The predicted molar refractivity (Wildman–Crippen MR) is 76.6 cm³/mol. The Morgan fingerprint density at radius 3 is 2.82 bits per heavy atom. The highest BCUT2D eigenvalue weighted by molar-refractivity contribution is 9.10. The van der Waals surface area contributed by atoms with E-state index in [1.807, 2.05) is 6.07 Å². The Morgan fingerprint density at radius 2 is 2.12 bits per heavy atom. The second-order valence-corrected chi connectivity index (χ2v) is 6.03. The maximum atomic E-state index is 6.10. The van der Waals surface area contributed by atoms with Crippen molar-refractivity contribution in [3.63, 3.8) is 0 Å². The first-order chi connectivity index (χ1) is 8.25. The maximum absolute atomic E-state index is 6.10. The van der Waals surface area contributed by atoms with Gasteiger partial charge in [-0.2, -0.15) is 0 Å². The van der Waals surface area contributed by atoms with Crippen LogP contribution in [0.2, 0.25) is 5.02 Å². The van der Waals surface area contributed by atoms with Crippen molar-refractivity contribution in [1.82, 2.24) is 4.98 Å². The van der Waals surface area contributed by atoms with Gasteiger partial charge in [0.1, 0.15) is 5.82 Å². The van der Waals surface area contributed by atoms with Gasteiger partial charge in [-0.05, 0) is 34.3 Å². The van der Waals surface area contributed by atoms with E-state index in [2.05, 4.69) is 26.2 Å². The maximum Gasteiger partial charge on any atom is 0.144 e. The van der Waals surface area contributed by atoms with Crippen molar-refractivity contribution in [2.45, 2.75) is 38.5 Å². The molecule has 0 aliphatic heterocycles. The Hall–Kier alpha value is -0.280. The number of hydrogen-bond acceptors (Lipinski definition) is 2. The van der Waals surface area contributed by atoms with Gasteiger partial charge in [-0.3, -0.25) is 0 Å². The molecule has 0 spiro atoms. The average molecular weight is 318 g/mol. The smallest absolute Gasteiger partial charge is 0.144 e. The van der Waals surface area contributed by atoms with Crippen LogP contribution >= 0.6 is 27.5 Å². The van der Waals surface area contributed by atoms with Crippen molar-refractivity contribution in [1.29, 1.82) is 0 Å². The van der Waals surface area contributed by atoms with Gasteiger partial charge in [-0.15, -0.1) is 0 Å². The van der Waals surface area contributed by atoms with E-state index in [1.54, 1.807) is 6.20 Å². The third-order valence-electron chi connectivity index (χ3n) is 3.38. The zero-order valence-corrected chi connectivity index (χ0v) is 12.2. The summed E-state index contributed by atoms with van der Waals surface area (Å²) in [4.78, 5) is 4.27. The molecule has 2 nitrogen and oxygen atoms in total. The Bertz CT molecular complexity index is 364. The predicted octanol–water partition coefficient (Wildman–Crippen LogP) is 4.88. The van der Waals surface area contributed by atoms with Crippen LogP contribution in [0.15, 0.2) is 16.7 Å². The summed E-state index contributed by atoms with van der Waals surface area (Å²) in [5.41, 5.74) is 0. The largest absolute Gasteiger partial charge is 0.369 e. The number of rotatable bonds is 4. The number of halogens is 2. The topological polar surface area (TPSA) is 24.9 Å². The van der Waals surface area contributed by atoms with Crippen LogP contribution in [-0.4, -0.2) is 11.5 Å². The lowest BCUT2D eigenvalue weighted by Crippen LogP contribution is -2.12. The van der Waals surface area contributed by atoms with E-state index in [0.29, 0.717) is 5.02 Å². The van der Waals surface area contributed by atoms with Gasteiger partial charge >= 0.3 is 0 Å². The molecule has 1 N–H and O–H groups in total. The minimum absolute atomic E-state index is 0.683. The van der Waals surface area contributed by atoms with Crippen LogP contribution in [-0.2, 0) is 0 Å². The van der Waals surface area contributed by atoms with Crippen LogP contribution in [0.3, 0.4) is 0 Å². The minimum atomic E-state index is 0.683. The summed E-state index contributed by atoms with van der Waals surface area (Å²) in [6.07, 6.45) is 10.0. The van der Waals surface area contributed by atoms with Gasteiger partial charge in [0.2, 0.25) is 0 Å². The molecule has 0 aromatic carbocycles. The van der Waals surface area contributed by atoms with Gasteiger partial charge in [0, 0.05) is 17.2 Å². The Morgan fingerprint density at radius 1 is 1.35 bits per heavy atom. The van der Waals surface area contributed by atoms with Gasteiger partial charge < -0.3 is 5.32 Å². The van der Waals surface area contributed by atoms with Crippen LogP contribution in [0.4, 0.5) is 5.82 Å². The van der Waals surface area contributed by atoms with Crippen molar-refractivity contribution in [3.05, 3.63) is 21.8 Å². The SMILES string of the molecule is Clc1cc(Br)cnc1NCCC1CCCCC1. The molecule has 0 atom stereocenters. The third kappa shape index (κ3) is 4.14. The molecule has 1 aromatic heterocycles. The standard InChI is InChI=1S/C13H18BrClN2/c14-11-8-12(15)13(17-9-11)16-7-6-10-4-2-1-3-5-10/h8-10H,1-7H2,(H,16,17). The van der Waals surface area contributed by atoms with Crippen molar-refractivity contribution in [2.75, 3.05) is 11.9 Å². The van der Waals surface area contributed by atoms with Crippen LogP contribution in [0, 0.1) is 5.92 Å². The van der Waals surface area contributed by atoms with Crippen LogP contribution < -0.4 is 5.32 Å². The molecule has 1 fully saturated rings. The van der Waals surface area contributed by atoms with E-state index in [0.717, 1.165) is 22.8 Å². The molecule has 0 unspecified atom stereocenters. The van der Waals surface area contributed by atoms with E-state index in [4.69, 9.17) is 11.6 Å². The third-order valence-corrected chi connectivity index (χ3v) is 4.10. The molecule has 0 bridgehead atoms. The molecule has 1 heterocycles. The number of pyridine rings is 1. The number of aromatic nitrogens is 1. The summed E-state index contributed by atoms with van der Waals surface area (Å²) in [6, 6.07) is 1.87. The number of hydrogen-bond donors (Lipinski definition) is 1. The average Bonchev–Trinajstić information content (AvgIpc) is 2.33. The van der Waals surface area contributed by atoms with Crippen LogP contribution in [0.1, 0.15) is 38.5 Å². The molecule has 4 heteroatoms. The molecule has 1 aromatic rings. The number of nitrogens with zero attached hydrogens (tertiary/aromatic N) is 1. The fourth-order valence-electron chi connectivity index (χ4n) is 2.42. The fourth-order valence-corrected chi connectivity index (χ4v) is 3.11. The molecule has 94 valence electrons. The molecule has 1 aliphatic rings. The normalized spacial score (nSPS) is 17.1. The summed E-state index contributed by atoms with van der Waals surface area (Å²) < 4.78 is 0.917. The van der Waals surface area contributed by atoms with Gasteiger partial charge in [-0.25, -0.2) is 4.98 Å². The first-order valence-corrected chi connectivity index (χ1v) is 7.48. The van der Waals surface area contributed by atoms with E-state index >= 15 is 0 Å². The van der Waals surface area contributed by atoms with E-state index < -0.39 is 0 Å². The summed E-state index contributed by atoms with van der Waals surface area (Å²) in [5, 5.41) is 4.01. The van der Waals surface area contributed by atoms with Gasteiger partial charge in [0.15, 0.2) is 0 Å². The number of anilines is 1. The van der Waals surface area contributed by atoms with Gasteiger partial charge in [-0.1, -0.05) is 43.7 Å². The second kappa shape index (κ2) is 6.60. The summed E-state index contributed by atoms with van der Waals surface area (Å²) in [5.74, 6) is 1.69. The molecule has 1 saturated carbocycles. The highest BCUT2D eigenvalue weighted by Gasteiger charge is 2.13. The molecule has 1 aliphatic carbocycles. The molecule has 0 radical (unpaired) electrons. The molecular formula is C13H18BrClN2. The Balaban J connectivity index is 1.77. The molecule has 0 amide bonds. The van der Waals surface area contributed by atoms with E-state index in [9.17, 15) is 0 Å². The molecule has 2 rings (SSSR count). The lowest BCUT2D eigenvalue weighted by Gasteiger charge is -2.21. The lowest BCUT2D eigenvalue weighted by molar-refractivity contribution is 0.345. The van der Waals surface area contributed by atoms with E-state index in [-0.39, 0.29) is 0 Å². The van der Waals surface area contributed by atoms with Crippen molar-refractivity contribution in [2.24, 2.45) is 5.92 Å². The van der Waals surface area contributed by atoms with Crippen LogP contribution in [0.25, 0.3) is 0 Å². The minimum Gasteiger partial charge on any atom is -0.369 e. The van der Waals surface area contributed by atoms with Gasteiger partial charge in [0.05, 0.1) is 5.02 Å². The molecular weight excluding hydrogens is 300 g/mol. The van der Waals surface area contributed by atoms with Gasteiger partial charge in [0.25, 0.3) is 0 Å². The first-order valence-electron chi connectivity index (χ1n) is 6.30. The Kier molecular flexibility index (Phi) is 5.11. The summed E-state index contributed by atoms with van der Waals surface area (Å²) >= 11 is 9.45. The zero-order valence-electron chi connectivity index (χ0n) is 9.88. The van der Waals surface area contributed by atoms with Crippen molar-refractivity contribution < 1.29 is 0 Å². The quantitative estimate of drug-likeness (QED) is 0.856.